The fourth-order valence-corrected chi connectivity index (χ4v) is 10.5. The zero-order valence-corrected chi connectivity index (χ0v) is 48.1. The highest BCUT2D eigenvalue weighted by molar-refractivity contribution is 5.75. The third kappa shape index (κ3) is 17.4. The van der Waals surface area contributed by atoms with Crippen LogP contribution in [0.15, 0.2) is 17.8 Å². The molecule has 27 nitrogen and oxygen atoms in total. The second-order valence-electron chi connectivity index (χ2n) is 19.9. The van der Waals surface area contributed by atoms with E-state index < -0.39 is 158 Å². The molecule has 0 bridgehead atoms. The van der Waals surface area contributed by atoms with E-state index in [9.17, 15) is 38.4 Å². The lowest BCUT2D eigenvalue weighted by atomic mass is 9.83. The van der Waals surface area contributed by atoms with Crippen molar-refractivity contribution < 1.29 is 109 Å². The van der Waals surface area contributed by atoms with Crippen LogP contribution in [-0.4, -0.2) is 199 Å². The van der Waals surface area contributed by atoms with E-state index >= 15 is 0 Å². The Hall–Kier alpha value is -5.68. The number of aromatic nitrogens is 3. The third-order valence-electron chi connectivity index (χ3n) is 13.8. The highest BCUT2D eigenvalue weighted by Gasteiger charge is 2.57. The van der Waals surface area contributed by atoms with Gasteiger partial charge >= 0.3 is 41.8 Å². The van der Waals surface area contributed by atoms with Crippen molar-refractivity contribution in [2.75, 3.05) is 26.9 Å². The Morgan fingerprint density at radius 1 is 0.613 bits per heavy atom. The van der Waals surface area contributed by atoms with Crippen LogP contribution in [0, 0.1) is 5.92 Å². The number of nitrogens with zero attached hydrogens (tertiary/aromatic N) is 4. The number of rotatable bonds is 25. The zero-order chi connectivity index (χ0) is 59.1. The van der Waals surface area contributed by atoms with Crippen molar-refractivity contribution in [1.82, 2.24) is 19.9 Å². The largest absolute Gasteiger partial charge is 0.459 e. The standard InChI is InChI=1S/C53H80N4O23/c1-15-36-22-39(45(73-32(10)62)48(74-33(11)63)44(36)72-31(9)61)57(28(6)58)38-23-42(70-29(7)59)52(69-27(38)5)79-47-41(17-3)78-53(50(76-35(13)65)49(47)75-34(12)64)80-46-40(16-2)77-51(26(4)43(46)71-30(8)60)68-25-37-24-56(55-54-37)18-19-67-21-20-66-14/h22,24,26-27,38-53H,15-21,23,25H2,1-14H3/t26-,27?,38-,39-,40?,41?,42-,43?,44+,45-,46+,47+,48-,49?,50-,51+,52+,53+/m1/s1. The quantitative estimate of drug-likeness (QED) is 0.0588. The average molecular weight is 1140 g/mol. The van der Waals surface area contributed by atoms with Gasteiger partial charge in [0.05, 0.1) is 69.6 Å². The molecule has 1 aliphatic carbocycles. The van der Waals surface area contributed by atoms with Crippen LogP contribution in [0.2, 0.25) is 0 Å². The molecule has 1 aromatic heterocycles. The minimum absolute atomic E-state index is 0.0126. The van der Waals surface area contributed by atoms with Gasteiger partial charge in [0.25, 0.3) is 0 Å². The Morgan fingerprint density at radius 3 is 1.71 bits per heavy atom. The van der Waals surface area contributed by atoms with Crippen LogP contribution in [0.3, 0.4) is 0 Å². The molecule has 27 heteroatoms. The number of hydrogen-bond acceptors (Lipinski definition) is 25. The number of methoxy groups -OCH3 is 1. The molecule has 3 fully saturated rings. The molecule has 0 radical (unpaired) electrons. The summed E-state index contributed by atoms with van der Waals surface area (Å²) >= 11 is 0. The molecule has 1 aromatic rings. The third-order valence-corrected chi connectivity index (χ3v) is 13.8. The Kier molecular flexibility index (Phi) is 24.7. The Bertz CT molecular complexity index is 2310. The molecule has 4 aliphatic rings. The van der Waals surface area contributed by atoms with Gasteiger partial charge in [-0.15, -0.1) is 5.10 Å². The first-order valence-electron chi connectivity index (χ1n) is 27.0. The topological polar surface area (TPSA) is 309 Å². The second kappa shape index (κ2) is 30.4. The number of ether oxygens (including phenoxy) is 15. The van der Waals surface area contributed by atoms with Crippen LogP contribution >= 0.6 is 0 Å². The monoisotopic (exact) mass is 1140 g/mol. The van der Waals surface area contributed by atoms with Gasteiger partial charge in [0.2, 0.25) is 5.91 Å². The van der Waals surface area contributed by atoms with Gasteiger partial charge in [-0.25, -0.2) is 4.68 Å². The van der Waals surface area contributed by atoms with E-state index in [1.807, 2.05) is 6.92 Å². The highest BCUT2D eigenvalue weighted by Crippen LogP contribution is 2.41. The molecule has 3 aliphatic heterocycles. The van der Waals surface area contributed by atoms with Crippen LogP contribution in [0.1, 0.15) is 121 Å². The van der Waals surface area contributed by atoms with Crippen molar-refractivity contribution in [3.63, 3.8) is 0 Å². The van der Waals surface area contributed by atoms with Gasteiger partial charge in [-0.3, -0.25) is 38.4 Å². The maximum atomic E-state index is 14.0. The van der Waals surface area contributed by atoms with Crippen LogP contribution in [0.5, 0.6) is 0 Å². The van der Waals surface area contributed by atoms with Gasteiger partial charge in [-0.1, -0.05) is 39.0 Å². The van der Waals surface area contributed by atoms with E-state index in [1.165, 1.54) is 25.7 Å². The van der Waals surface area contributed by atoms with Gasteiger partial charge in [0, 0.05) is 74.8 Å². The first-order valence-corrected chi connectivity index (χ1v) is 27.0. The SMILES string of the molecule is CCC1=C[C@@H](N(C(C)=O)[C@@H]2C[C@@H](OC(C)=O)[C@H](O[C@H]3C(CC)O[C@@H](O[C@H]4C(CC)O[C@H](OCc5cn(CCOCCOC)nn5)[C@H](C)C4OC(C)=O)[C@H](OC(C)=O)C3OC(C)=O)OC2C)[C@@H](OC(C)=O)[C@H](OC(C)=O)[C@H]1OC(C)=O. The van der Waals surface area contributed by atoms with Gasteiger partial charge in [-0.05, 0) is 31.8 Å². The molecular formula is C53H80N4O23. The molecule has 0 N–H and O–H groups in total. The van der Waals surface area contributed by atoms with E-state index in [4.69, 9.17) is 71.1 Å². The smallest absolute Gasteiger partial charge is 0.303 e. The fourth-order valence-electron chi connectivity index (χ4n) is 10.5. The summed E-state index contributed by atoms with van der Waals surface area (Å²) in [6.07, 6.45) is -14.7. The van der Waals surface area contributed by atoms with E-state index in [2.05, 4.69) is 10.3 Å². The summed E-state index contributed by atoms with van der Waals surface area (Å²) in [5, 5.41) is 8.34. The molecule has 4 heterocycles. The van der Waals surface area contributed by atoms with E-state index in [0.717, 1.165) is 34.6 Å². The molecule has 5 unspecified atom stereocenters. The van der Waals surface area contributed by atoms with Gasteiger partial charge < -0.3 is 76.0 Å². The zero-order valence-electron chi connectivity index (χ0n) is 48.1. The average Bonchev–Trinajstić information content (AvgIpc) is 3.84. The summed E-state index contributed by atoms with van der Waals surface area (Å²) in [7, 11) is 1.59. The predicted molar refractivity (Wildman–Crippen MR) is 271 cm³/mol. The summed E-state index contributed by atoms with van der Waals surface area (Å²) in [5.41, 5.74) is 0.958. The van der Waals surface area contributed by atoms with Gasteiger partial charge in [0.15, 0.2) is 55.5 Å². The van der Waals surface area contributed by atoms with Crippen molar-refractivity contribution in [3.8, 4) is 0 Å². The van der Waals surface area contributed by atoms with Gasteiger partial charge in [-0.2, -0.15) is 0 Å². The first-order chi connectivity index (χ1) is 37.9. The second-order valence-corrected chi connectivity index (χ2v) is 19.9. The summed E-state index contributed by atoms with van der Waals surface area (Å²) in [6.45, 7) is 19.8. The van der Waals surface area contributed by atoms with Crippen LogP contribution in [-0.2, 0) is 123 Å². The molecule has 3 saturated heterocycles. The van der Waals surface area contributed by atoms with Crippen molar-refractivity contribution >= 4 is 47.7 Å². The summed E-state index contributed by atoms with van der Waals surface area (Å²) in [6, 6.07) is -2.13. The Labute approximate surface area is 465 Å². The van der Waals surface area contributed by atoms with E-state index in [0.29, 0.717) is 44.1 Å². The molecular weight excluding hydrogens is 1060 g/mol. The lowest BCUT2D eigenvalue weighted by molar-refractivity contribution is -0.368. The van der Waals surface area contributed by atoms with Crippen LogP contribution in [0.4, 0.5) is 0 Å². The number of carbonyl (C=O) groups excluding carboxylic acids is 8. The molecule has 450 valence electrons. The first kappa shape index (κ1) is 65.1. The van der Waals surface area contributed by atoms with Crippen molar-refractivity contribution in [3.05, 3.63) is 23.5 Å². The predicted octanol–water partition coefficient (Wildman–Crippen LogP) is 2.73. The molecule has 5 rings (SSSR count). The van der Waals surface area contributed by atoms with Crippen molar-refractivity contribution in [2.24, 2.45) is 5.92 Å². The lowest BCUT2D eigenvalue weighted by Gasteiger charge is -2.51. The summed E-state index contributed by atoms with van der Waals surface area (Å²) in [5.74, 6) is -6.54. The minimum Gasteiger partial charge on any atom is -0.459 e. The number of esters is 7. The Morgan fingerprint density at radius 2 is 1.15 bits per heavy atom. The van der Waals surface area contributed by atoms with Gasteiger partial charge in [0.1, 0.15) is 24.0 Å². The van der Waals surface area contributed by atoms with Crippen molar-refractivity contribution in [2.45, 2.75) is 233 Å². The van der Waals surface area contributed by atoms with Crippen LogP contribution in [0.25, 0.3) is 0 Å². The molecule has 0 saturated carbocycles. The normalized spacial score (nSPS) is 32.3. The maximum Gasteiger partial charge on any atom is 0.303 e. The van der Waals surface area contributed by atoms with E-state index in [-0.39, 0.29) is 25.9 Å². The number of carbonyl (C=O) groups is 8. The Balaban J connectivity index is 1.45. The minimum atomic E-state index is -1.56. The molecule has 18 atom stereocenters. The van der Waals surface area contributed by atoms with E-state index in [1.54, 1.807) is 51.8 Å². The number of amides is 1. The molecule has 1 amide bonds. The van der Waals surface area contributed by atoms with Crippen molar-refractivity contribution in [1.29, 1.82) is 0 Å². The maximum absolute atomic E-state index is 14.0. The summed E-state index contributed by atoms with van der Waals surface area (Å²) < 4.78 is 92.3. The lowest BCUT2D eigenvalue weighted by Crippen LogP contribution is -2.67. The van der Waals surface area contributed by atoms with Crippen LogP contribution < -0.4 is 0 Å². The molecule has 80 heavy (non-hydrogen) atoms. The fraction of sp³-hybridized carbons (Fsp3) is 0.774. The molecule has 0 spiro atoms. The molecule has 0 aromatic carbocycles. The highest BCUT2D eigenvalue weighted by atomic mass is 16.8. The summed E-state index contributed by atoms with van der Waals surface area (Å²) in [4.78, 5) is 105. The number of hydrogen-bond donors (Lipinski definition) is 0.